The molecule has 0 aliphatic heterocycles. The minimum Gasteiger partial charge on any atom is -0.310 e. The molecule has 2 rings (SSSR count). The van der Waals surface area contributed by atoms with Crippen LogP contribution < -0.4 is 5.32 Å². The number of halogens is 2. The summed E-state index contributed by atoms with van der Waals surface area (Å²) >= 11 is 9.94. The van der Waals surface area contributed by atoms with Crippen LogP contribution in [0.25, 0.3) is 0 Å². The fourth-order valence-electron chi connectivity index (χ4n) is 2.35. The normalized spacial score (nSPS) is 14.0. The Kier molecular flexibility index (Phi) is 5.58. The maximum absolute atomic E-state index is 6.45. The summed E-state index contributed by atoms with van der Waals surface area (Å²) in [6, 6.07) is 12.2. The first-order valence-electron chi connectivity index (χ1n) is 6.73. The van der Waals surface area contributed by atoms with Gasteiger partial charge in [0.2, 0.25) is 0 Å². The van der Waals surface area contributed by atoms with Gasteiger partial charge in [0, 0.05) is 28.3 Å². The Balaban J connectivity index is 2.38. The Morgan fingerprint density at radius 1 is 1.25 bits per heavy atom. The highest BCUT2D eigenvalue weighted by Gasteiger charge is 2.23. The van der Waals surface area contributed by atoms with Gasteiger partial charge in [-0.2, -0.15) is 0 Å². The van der Waals surface area contributed by atoms with Gasteiger partial charge in [0.1, 0.15) is 0 Å². The van der Waals surface area contributed by atoms with Crippen LogP contribution in [0.3, 0.4) is 0 Å². The summed E-state index contributed by atoms with van der Waals surface area (Å²) in [4.78, 5) is 4.46. The van der Waals surface area contributed by atoms with Crippen LogP contribution in [0.4, 0.5) is 0 Å². The second-order valence-electron chi connectivity index (χ2n) is 4.72. The molecule has 1 N–H and O–H groups in total. The quantitative estimate of drug-likeness (QED) is 0.822. The summed E-state index contributed by atoms with van der Waals surface area (Å²) in [6.45, 7) is 5.15. The van der Waals surface area contributed by atoms with Gasteiger partial charge in [-0.1, -0.05) is 43.6 Å². The van der Waals surface area contributed by atoms with E-state index in [9.17, 15) is 0 Å². The molecule has 106 valence electrons. The van der Waals surface area contributed by atoms with Gasteiger partial charge in [0.05, 0.1) is 5.02 Å². The minimum atomic E-state index is 0.139. The Labute approximate surface area is 133 Å². The third kappa shape index (κ3) is 3.40. The number of rotatable bonds is 5. The Bertz CT molecular complexity index is 560. The van der Waals surface area contributed by atoms with E-state index in [4.69, 9.17) is 11.6 Å². The van der Waals surface area contributed by atoms with Crippen molar-refractivity contribution in [2.45, 2.75) is 25.8 Å². The van der Waals surface area contributed by atoms with E-state index < -0.39 is 0 Å². The van der Waals surface area contributed by atoms with Crippen LogP contribution in [0.5, 0.6) is 0 Å². The standard InChI is InChI=1S/C16H18BrClN2/c1-3-19-16(11(2)14-9-4-5-10-20-14)12-7-6-8-13(17)15(12)18/h4-11,16,19H,3H2,1-2H3. The van der Waals surface area contributed by atoms with Crippen LogP contribution in [0.1, 0.15) is 37.1 Å². The van der Waals surface area contributed by atoms with E-state index in [-0.39, 0.29) is 12.0 Å². The zero-order valence-electron chi connectivity index (χ0n) is 11.6. The molecule has 2 unspecified atom stereocenters. The molecule has 0 spiro atoms. The van der Waals surface area contributed by atoms with Crippen LogP contribution >= 0.6 is 27.5 Å². The molecule has 1 aromatic carbocycles. The van der Waals surface area contributed by atoms with Gasteiger partial charge in [0.25, 0.3) is 0 Å². The molecule has 2 aromatic rings. The summed E-state index contributed by atoms with van der Waals surface area (Å²) in [5, 5.41) is 4.28. The van der Waals surface area contributed by atoms with Gasteiger partial charge in [-0.3, -0.25) is 4.98 Å². The number of nitrogens with zero attached hydrogens (tertiary/aromatic N) is 1. The average molecular weight is 354 g/mol. The molecule has 4 heteroatoms. The molecule has 1 aromatic heterocycles. The van der Waals surface area contributed by atoms with Gasteiger partial charge in [0.15, 0.2) is 0 Å². The molecule has 1 heterocycles. The highest BCUT2D eigenvalue weighted by molar-refractivity contribution is 9.10. The van der Waals surface area contributed by atoms with Crippen molar-refractivity contribution in [2.24, 2.45) is 0 Å². The largest absolute Gasteiger partial charge is 0.310 e. The zero-order chi connectivity index (χ0) is 14.5. The van der Waals surface area contributed by atoms with E-state index in [0.717, 1.165) is 27.3 Å². The molecule has 0 saturated carbocycles. The summed E-state index contributed by atoms with van der Waals surface area (Å²) in [6.07, 6.45) is 1.83. The van der Waals surface area contributed by atoms with Crippen LogP contribution in [-0.2, 0) is 0 Å². The summed E-state index contributed by atoms with van der Waals surface area (Å²) in [7, 11) is 0. The first-order chi connectivity index (χ1) is 9.65. The maximum atomic E-state index is 6.45. The van der Waals surface area contributed by atoms with Crippen molar-refractivity contribution in [3.8, 4) is 0 Å². The molecule has 0 bridgehead atoms. The first-order valence-corrected chi connectivity index (χ1v) is 7.90. The Hall–Kier alpha value is -0.900. The molecule has 0 aliphatic rings. The topological polar surface area (TPSA) is 24.9 Å². The van der Waals surface area contributed by atoms with E-state index in [1.54, 1.807) is 0 Å². The highest BCUT2D eigenvalue weighted by atomic mass is 79.9. The Morgan fingerprint density at radius 2 is 2.05 bits per heavy atom. The van der Waals surface area contributed by atoms with Crippen LogP contribution in [0, 0.1) is 0 Å². The summed E-state index contributed by atoms with van der Waals surface area (Å²) < 4.78 is 0.924. The lowest BCUT2D eigenvalue weighted by Crippen LogP contribution is -2.26. The van der Waals surface area contributed by atoms with Crippen LogP contribution in [0.2, 0.25) is 5.02 Å². The van der Waals surface area contributed by atoms with Gasteiger partial charge >= 0.3 is 0 Å². The Morgan fingerprint density at radius 3 is 2.70 bits per heavy atom. The van der Waals surface area contributed by atoms with E-state index in [2.05, 4.69) is 52.2 Å². The van der Waals surface area contributed by atoms with Crippen LogP contribution in [-0.4, -0.2) is 11.5 Å². The van der Waals surface area contributed by atoms with Crippen molar-refractivity contribution in [3.05, 3.63) is 63.3 Å². The van der Waals surface area contributed by atoms with E-state index in [0.29, 0.717) is 0 Å². The predicted molar refractivity (Wildman–Crippen MR) is 88.2 cm³/mol. The number of benzene rings is 1. The highest BCUT2D eigenvalue weighted by Crippen LogP contribution is 2.36. The monoisotopic (exact) mass is 352 g/mol. The van der Waals surface area contributed by atoms with Crippen molar-refractivity contribution in [2.75, 3.05) is 6.54 Å². The molecule has 2 atom stereocenters. The lowest BCUT2D eigenvalue weighted by Gasteiger charge is -2.26. The summed E-state index contributed by atoms with van der Waals surface area (Å²) in [5.41, 5.74) is 2.16. The minimum absolute atomic E-state index is 0.139. The summed E-state index contributed by atoms with van der Waals surface area (Å²) in [5.74, 6) is 0.239. The van der Waals surface area contributed by atoms with Crippen LogP contribution in [0.15, 0.2) is 47.1 Å². The number of hydrogen-bond acceptors (Lipinski definition) is 2. The number of likely N-dealkylation sites (N-methyl/N-ethyl adjacent to an activating group) is 1. The second kappa shape index (κ2) is 7.21. The second-order valence-corrected chi connectivity index (χ2v) is 5.95. The van der Waals surface area contributed by atoms with Gasteiger partial charge in [-0.15, -0.1) is 0 Å². The number of pyridine rings is 1. The molecule has 0 aliphatic carbocycles. The molecule has 0 saturated heterocycles. The van der Waals surface area contributed by atoms with Crippen molar-refractivity contribution in [3.63, 3.8) is 0 Å². The van der Waals surface area contributed by atoms with Crippen molar-refractivity contribution in [1.82, 2.24) is 10.3 Å². The SMILES string of the molecule is CCNC(c1cccc(Br)c1Cl)C(C)c1ccccn1. The lowest BCUT2D eigenvalue weighted by atomic mass is 9.91. The van der Waals surface area contributed by atoms with E-state index in [1.165, 1.54) is 0 Å². The molecule has 0 radical (unpaired) electrons. The smallest absolute Gasteiger partial charge is 0.0596 e. The molecular formula is C16H18BrClN2. The molecule has 0 amide bonds. The molecule has 0 fully saturated rings. The average Bonchev–Trinajstić information content (AvgIpc) is 2.48. The number of aromatic nitrogens is 1. The fraction of sp³-hybridized carbons (Fsp3) is 0.312. The fourth-order valence-corrected chi connectivity index (χ4v) is 2.98. The number of hydrogen-bond donors (Lipinski definition) is 1. The lowest BCUT2D eigenvalue weighted by molar-refractivity contribution is 0.472. The van der Waals surface area contributed by atoms with Crippen molar-refractivity contribution in [1.29, 1.82) is 0 Å². The van der Waals surface area contributed by atoms with E-state index >= 15 is 0 Å². The molecular weight excluding hydrogens is 336 g/mol. The van der Waals surface area contributed by atoms with Gasteiger partial charge in [-0.05, 0) is 46.2 Å². The third-order valence-corrected chi connectivity index (χ3v) is 4.71. The van der Waals surface area contributed by atoms with E-state index in [1.807, 2.05) is 30.5 Å². The molecule has 2 nitrogen and oxygen atoms in total. The van der Waals surface area contributed by atoms with Gasteiger partial charge in [-0.25, -0.2) is 0 Å². The van der Waals surface area contributed by atoms with Crippen molar-refractivity contribution >= 4 is 27.5 Å². The van der Waals surface area contributed by atoms with Crippen molar-refractivity contribution < 1.29 is 0 Å². The number of nitrogens with one attached hydrogen (secondary N) is 1. The predicted octanol–water partition coefficient (Wildman–Crippen LogP) is 4.95. The first kappa shape index (κ1) is 15.5. The zero-order valence-corrected chi connectivity index (χ0v) is 13.9. The maximum Gasteiger partial charge on any atom is 0.0596 e. The molecule has 20 heavy (non-hydrogen) atoms. The van der Waals surface area contributed by atoms with Gasteiger partial charge < -0.3 is 5.32 Å². The third-order valence-electron chi connectivity index (χ3n) is 3.39.